The summed E-state index contributed by atoms with van der Waals surface area (Å²) in [7, 11) is 0. The van der Waals surface area contributed by atoms with Crippen molar-refractivity contribution in [3.05, 3.63) is 36.2 Å². The average Bonchev–Trinajstić information content (AvgIpc) is 3.04. The number of amides is 2. The largest absolute Gasteiger partial charge is 0.482 e. The van der Waals surface area contributed by atoms with Gasteiger partial charge in [-0.3, -0.25) is 9.59 Å². The Labute approximate surface area is 156 Å². The highest BCUT2D eigenvalue weighted by atomic mass is 32.1. The number of nitrogens with zero attached hydrogens (tertiary/aromatic N) is 2. The Hall–Kier alpha value is -2.67. The second-order valence-corrected chi connectivity index (χ2v) is 7.31. The molecule has 2 heterocycles. The maximum Gasteiger partial charge on any atom is 0.265 e. The van der Waals surface area contributed by atoms with E-state index in [0.717, 1.165) is 11.3 Å². The van der Waals surface area contributed by atoms with Crippen LogP contribution in [0, 0.1) is 5.92 Å². The minimum Gasteiger partial charge on any atom is -0.482 e. The number of hydrogen-bond donors (Lipinski definition) is 1. The normalized spacial score (nSPS) is 13.3. The van der Waals surface area contributed by atoms with Crippen molar-refractivity contribution in [1.29, 1.82) is 0 Å². The van der Waals surface area contributed by atoms with Crippen molar-refractivity contribution in [2.45, 2.75) is 20.3 Å². The van der Waals surface area contributed by atoms with Gasteiger partial charge in [-0.15, -0.1) is 17.9 Å². The van der Waals surface area contributed by atoms with E-state index in [0.29, 0.717) is 35.5 Å². The Morgan fingerprint density at radius 2 is 2.31 bits per heavy atom. The maximum absolute atomic E-state index is 12.1. The van der Waals surface area contributed by atoms with Crippen LogP contribution in [0.3, 0.4) is 0 Å². The summed E-state index contributed by atoms with van der Waals surface area (Å²) in [6, 6.07) is 5.61. The van der Waals surface area contributed by atoms with Crippen LogP contribution in [0.4, 0.5) is 10.8 Å². The highest BCUT2D eigenvalue weighted by Gasteiger charge is 2.25. The van der Waals surface area contributed by atoms with Gasteiger partial charge < -0.3 is 15.0 Å². The van der Waals surface area contributed by atoms with Gasteiger partial charge in [0.1, 0.15) is 5.75 Å². The number of benzene rings is 1. The van der Waals surface area contributed by atoms with E-state index in [1.165, 1.54) is 11.3 Å². The van der Waals surface area contributed by atoms with E-state index in [1.807, 2.05) is 37.4 Å². The number of carbonyl (C=O) groups is 2. The van der Waals surface area contributed by atoms with Gasteiger partial charge in [-0.25, -0.2) is 4.98 Å². The number of fused-ring (bicyclic) bond motifs is 1. The first-order valence-electron chi connectivity index (χ1n) is 8.41. The summed E-state index contributed by atoms with van der Waals surface area (Å²) >= 11 is 1.38. The van der Waals surface area contributed by atoms with Crippen LogP contribution in [0.2, 0.25) is 0 Å². The van der Waals surface area contributed by atoms with Crippen molar-refractivity contribution < 1.29 is 14.3 Å². The molecule has 0 saturated carbocycles. The number of ether oxygens (including phenoxy) is 1. The Balaban J connectivity index is 1.84. The Morgan fingerprint density at radius 1 is 1.50 bits per heavy atom. The summed E-state index contributed by atoms with van der Waals surface area (Å²) < 4.78 is 5.50. The molecule has 1 aromatic carbocycles. The lowest BCUT2D eigenvalue weighted by Gasteiger charge is -2.28. The first-order valence-corrected chi connectivity index (χ1v) is 9.29. The topological polar surface area (TPSA) is 71.5 Å². The number of rotatable bonds is 6. The average molecular weight is 371 g/mol. The summed E-state index contributed by atoms with van der Waals surface area (Å²) in [6.45, 7) is 8.16. The molecule has 1 aliphatic heterocycles. The molecule has 1 N–H and O–H groups in total. The van der Waals surface area contributed by atoms with Crippen LogP contribution in [0.5, 0.6) is 5.75 Å². The van der Waals surface area contributed by atoms with Crippen LogP contribution in [-0.2, 0) is 9.59 Å². The molecule has 0 saturated heterocycles. The smallest absolute Gasteiger partial charge is 0.265 e. The van der Waals surface area contributed by atoms with E-state index in [2.05, 4.69) is 16.9 Å². The Morgan fingerprint density at radius 3 is 3.04 bits per heavy atom. The maximum atomic E-state index is 12.1. The molecule has 0 radical (unpaired) electrons. The molecule has 0 atom stereocenters. The number of aromatic nitrogens is 1. The second-order valence-electron chi connectivity index (χ2n) is 6.45. The predicted octanol–water partition coefficient (Wildman–Crippen LogP) is 3.71. The molecule has 136 valence electrons. The van der Waals surface area contributed by atoms with Crippen molar-refractivity contribution >= 4 is 34.0 Å². The molecular formula is C19H21N3O3S. The van der Waals surface area contributed by atoms with Gasteiger partial charge in [-0.2, -0.15) is 0 Å². The van der Waals surface area contributed by atoms with E-state index in [1.54, 1.807) is 11.0 Å². The summed E-state index contributed by atoms with van der Waals surface area (Å²) in [4.78, 5) is 30.1. The third-order valence-electron chi connectivity index (χ3n) is 3.85. The fraction of sp³-hybridized carbons (Fsp3) is 0.316. The molecule has 3 rings (SSSR count). The van der Waals surface area contributed by atoms with Crippen molar-refractivity contribution in [1.82, 2.24) is 4.98 Å². The molecule has 0 unspecified atom stereocenters. The van der Waals surface area contributed by atoms with Gasteiger partial charge in [0.05, 0.1) is 11.4 Å². The van der Waals surface area contributed by atoms with Crippen LogP contribution in [0.15, 0.2) is 36.2 Å². The highest BCUT2D eigenvalue weighted by Crippen LogP contribution is 2.36. The van der Waals surface area contributed by atoms with Gasteiger partial charge in [-0.05, 0) is 24.1 Å². The lowest BCUT2D eigenvalue weighted by atomic mass is 10.1. The standard InChI is InChI=1S/C19H21N3O3S/c1-4-7-22-15-9-13(5-6-16(15)25-10-18(22)24)14-11-26-19(20-14)21-17(23)8-12(2)3/h4-6,9,11-12H,1,7-8,10H2,2-3H3,(H,20,21,23). The number of anilines is 2. The molecule has 6 nitrogen and oxygen atoms in total. The number of thiazole rings is 1. The van der Waals surface area contributed by atoms with Gasteiger partial charge in [0.2, 0.25) is 5.91 Å². The van der Waals surface area contributed by atoms with Gasteiger partial charge in [0.15, 0.2) is 11.7 Å². The molecular weight excluding hydrogens is 350 g/mol. The van der Waals surface area contributed by atoms with E-state index >= 15 is 0 Å². The van der Waals surface area contributed by atoms with Crippen LogP contribution in [0.25, 0.3) is 11.3 Å². The molecule has 1 aromatic heterocycles. The lowest BCUT2D eigenvalue weighted by molar-refractivity contribution is -0.121. The zero-order valence-corrected chi connectivity index (χ0v) is 15.6. The third-order valence-corrected chi connectivity index (χ3v) is 4.61. The van der Waals surface area contributed by atoms with Gasteiger partial charge in [-0.1, -0.05) is 19.9 Å². The SMILES string of the molecule is C=CCN1C(=O)COc2ccc(-c3csc(NC(=O)CC(C)C)n3)cc21. The Bertz CT molecular complexity index is 844. The molecule has 2 aromatic rings. The first kappa shape index (κ1) is 18.1. The molecule has 0 fully saturated rings. The molecule has 2 amide bonds. The van der Waals surface area contributed by atoms with Gasteiger partial charge in [0, 0.05) is 23.9 Å². The molecule has 7 heteroatoms. The van der Waals surface area contributed by atoms with Crippen molar-refractivity contribution in [2.75, 3.05) is 23.4 Å². The first-order chi connectivity index (χ1) is 12.5. The summed E-state index contributed by atoms with van der Waals surface area (Å²) in [5.41, 5.74) is 2.31. The second kappa shape index (κ2) is 7.70. The number of nitrogens with one attached hydrogen (secondary N) is 1. The summed E-state index contributed by atoms with van der Waals surface area (Å²) in [5.74, 6) is 0.816. The van der Waals surface area contributed by atoms with E-state index in [-0.39, 0.29) is 18.4 Å². The van der Waals surface area contributed by atoms with Crippen LogP contribution in [0.1, 0.15) is 20.3 Å². The van der Waals surface area contributed by atoms with Crippen LogP contribution >= 0.6 is 11.3 Å². The fourth-order valence-corrected chi connectivity index (χ4v) is 3.43. The quantitative estimate of drug-likeness (QED) is 0.786. The monoisotopic (exact) mass is 371 g/mol. The molecule has 26 heavy (non-hydrogen) atoms. The molecule has 0 aliphatic carbocycles. The third kappa shape index (κ3) is 3.94. The molecule has 0 bridgehead atoms. The van der Waals surface area contributed by atoms with E-state index in [9.17, 15) is 9.59 Å². The minimum atomic E-state index is -0.102. The van der Waals surface area contributed by atoms with E-state index < -0.39 is 0 Å². The Kier molecular flexibility index (Phi) is 5.37. The van der Waals surface area contributed by atoms with Gasteiger partial charge >= 0.3 is 0 Å². The number of carbonyl (C=O) groups excluding carboxylic acids is 2. The number of hydrogen-bond acceptors (Lipinski definition) is 5. The lowest BCUT2D eigenvalue weighted by Crippen LogP contribution is -2.38. The van der Waals surface area contributed by atoms with E-state index in [4.69, 9.17) is 4.74 Å². The predicted molar refractivity (Wildman–Crippen MR) is 104 cm³/mol. The summed E-state index contributed by atoms with van der Waals surface area (Å²) in [5, 5.41) is 5.28. The highest BCUT2D eigenvalue weighted by molar-refractivity contribution is 7.14. The zero-order chi connectivity index (χ0) is 18.7. The molecule has 0 spiro atoms. The van der Waals surface area contributed by atoms with Crippen molar-refractivity contribution in [3.63, 3.8) is 0 Å². The minimum absolute atomic E-state index is 0.0307. The fourth-order valence-electron chi connectivity index (χ4n) is 2.70. The van der Waals surface area contributed by atoms with Crippen LogP contribution < -0.4 is 15.0 Å². The van der Waals surface area contributed by atoms with Gasteiger partial charge in [0.25, 0.3) is 5.91 Å². The summed E-state index contributed by atoms with van der Waals surface area (Å²) in [6.07, 6.45) is 2.15. The molecule has 1 aliphatic rings. The van der Waals surface area contributed by atoms with Crippen molar-refractivity contribution in [3.8, 4) is 17.0 Å². The van der Waals surface area contributed by atoms with Crippen molar-refractivity contribution in [2.24, 2.45) is 5.92 Å². The zero-order valence-electron chi connectivity index (χ0n) is 14.8. The van der Waals surface area contributed by atoms with Crippen LogP contribution in [-0.4, -0.2) is 29.9 Å².